The Morgan fingerprint density at radius 3 is 2.78 bits per heavy atom. The first-order valence-corrected chi connectivity index (χ1v) is 12.1. The zero-order valence-electron chi connectivity index (χ0n) is 20.3. The third-order valence-corrected chi connectivity index (χ3v) is 5.92. The van der Waals surface area contributed by atoms with E-state index in [9.17, 15) is 9.18 Å². The van der Waals surface area contributed by atoms with Gasteiger partial charge in [0.05, 0.1) is 6.54 Å². The third kappa shape index (κ3) is 8.36. The molecule has 37 heavy (non-hydrogen) atoms. The molecule has 4 N–H and O–H groups in total. The van der Waals surface area contributed by atoms with E-state index in [1.807, 2.05) is 6.19 Å². The number of aliphatic imine (C=N–C) groups is 1. The number of benzene rings is 2. The van der Waals surface area contributed by atoms with Crippen LogP contribution in [-0.4, -0.2) is 67.0 Å². The van der Waals surface area contributed by atoms with Gasteiger partial charge in [-0.15, -0.1) is 6.42 Å². The zero-order valence-corrected chi connectivity index (χ0v) is 21.0. The molecule has 0 spiro atoms. The number of hydrogen-bond acceptors (Lipinski definition) is 6. The molecule has 9 nitrogen and oxygen atoms in total. The maximum atomic E-state index is 13.2. The SMILES string of the molecule is C#C[C@@H]1CN(Cc2ccc(F)cc2)CCN1C(=O)COc1ccc(Cl)cc1CN=C(NC#N)NCCN. The van der Waals surface area contributed by atoms with Crippen molar-refractivity contribution in [2.24, 2.45) is 10.7 Å². The minimum atomic E-state index is -0.409. The van der Waals surface area contributed by atoms with Gasteiger partial charge in [0, 0.05) is 49.9 Å². The maximum absolute atomic E-state index is 13.2. The Morgan fingerprint density at radius 2 is 2.08 bits per heavy atom. The van der Waals surface area contributed by atoms with Gasteiger partial charge in [0.25, 0.3) is 5.91 Å². The van der Waals surface area contributed by atoms with Crippen LogP contribution in [0.2, 0.25) is 5.02 Å². The van der Waals surface area contributed by atoms with Crippen LogP contribution in [0.25, 0.3) is 0 Å². The Morgan fingerprint density at radius 1 is 1.30 bits per heavy atom. The van der Waals surface area contributed by atoms with Crippen LogP contribution in [0.1, 0.15) is 11.1 Å². The van der Waals surface area contributed by atoms with Gasteiger partial charge in [0.2, 0.25) is 5.96 Å². The molecule has 0 radical (unpaired) electrons. The van der Waals surface area contributed by atoms with Crippen molar-refractivity contribution in [2.45, 2.75) is 19.1 Å². The second kappa shape index (κ2) is 14.0. The Labute approximate surface area is 221 Å². The highest BCUT2D eigenvalue weighted by Gasteiger charge is 2.29. The summed E-state index contributed by atoms with van der Waals surface area (Å²) >= 11 is 6.15. The highest BCUT2D eigenvalue weighted by atomic mass is 35.5. The van der Waals surface area contributed by atoms with E-state index in [0.717, 1.165) is 5.56 Å². The van der Waals surface area contributed by atoms with E-state index in [2.05, 4.69) is 26.4 Å². The molecule has 11 heteroatoms. The summed E-state index contributed by atoms with van der Waals surface area (Å²) in [5.41, 5.74) is 7.11. The first-order chi connectivity index (χ1) is 17.9. The van der Waals surface area contributed by atoms with Crippen molar-refractivity contribution in [3.8, 4) is 24.3 Å². The average Bonchev–Trinajstić information content (AvgIpc) is 2.90. The number of piperazine rings is 1. The fourth-order valence-electron chi connectivity index (χ4n) is 3.85. The molecule has 194 valence electrons. The third-order valence-electron chi connectivity index (χ3n) is 5.69. The Hall–Kier alpha value is -3.83. The normalized spacial score (nSPS) is 16.0. The summed E-state index contributed by atoms with van der Waals surface area (Å²) in [5, 5.41) is 14.8. The Kier molecular flexibility index (Phi) is 10.5. The number of amides is 1. The number of nitrogens with two attached hydrogens (primary N) is 1. The molecule has 1 saturated heterocycles. The fraction of sp³-hybridized carbons (Fsp3) is 0.346. The lowest BCUT2D eigenvalue weighted by Crippen LogP contribution is -2.55. The number of nitrogens with one attached hydrogen (secondary N) is 2. The number of hydrogen-bond donors (Lipinski definition) is 3. The number of guanidine groups is 1. The molecule has 1 atom stereocenters. The average molecular weight is 526 g/mol. The van der Waals surface area contributed by atoms with Gasteiger partial charge in [0.15, 0.2) is 12.8 Å². The first kappa shape index (κ1) is 27.8. The molecule has 0 bridgehead atoms. The highest BCUT2D eigenvalue weighted by molar-refractivity contribution is 6.30. The molecule has 1 amide bonds. The number of nitrogens with zero attached hydrogens (tertiary/aromatic N) is 4. The molecule has 1 aliphatic rings. The predicted molar refractivity (Wildman–Crippen MR) is 140 cm³/mol. The molecular formula is C26H29ClFN7O2. The van der Waals surface area contributed by atoms with E-state index < -0.39 is 6.04 Å². The molecule has 1 fully saturated rings. The fourth-order valence-corrected chi connectivity index (χ4v) is 4.05. The minimum Gasteiger partial charge on any atom is -0.483 e. The molecule has 2 aromatic rings. The lowest BCUT2D eigenvalue weighted by atomic mass is 10.1. The van der Waals surface area contributed by atoms with Crippen LogP contribution in [0.5, 0.6) is 5.75 Å². The van der Waals surface area contributed by atoms with Crippen LogP contribution in [0.3, 0.4) is 0 Å². The highest BCUT2D eigenvalue weighted by Crippen LogP contribution is 2.24. The topological polar surface area (TPSA) is 119 Å². The zero-order chi connectivity index (χ0) is 26.6. The summed E-state index contributed by atoms with van der Waals surface area (Å²) in [6.07, 6.45) is 7.57. The largest absolute Gasteiger partial charge is 0.483 e. The van der Waals surface area contributed by atoms with E-state index in [-0.39, 0.29) is 30.8 Å². The number of carbonyl (C=O) groups excluding carboxylic acids is 1. The molecule has 1 aliphatic heterocycles. The lowest BCUT2D eigenvalue weighted by molar-refractivity contribution is -0.136. The quantitative estimate of drug-likeness (QED) is 0.150. The minimum absolute atomic E-state index is 0.153. The number of carbonyl (C=O) groups is 1. The van der Waals surface area contributed by atoms with E-state index in [0.29, 0.717) is 55.6 Å². The Balaban J connectivity index is 1.60. The van der Waals surface area contributed by atoms with Crippen LogP contribution in [0.15, 0.2) is 47.5 Å². The maximum Gasteiger partial charge on any atom is 0.261 e. The molecule has 3 rings (SSSR count). The van der Waals surface area contributed by atoms with E-state index in [1.165, 1.54) is 12.1 Å². The summed E-state index contributed by atoms with van der Waals surface area (Å²) < 4.78 is 19.0. The van der Waals surface area contributed by atoms with Crippen molar-refractivity contribution in [3.63, 3.8) is 0 Å². The molecule has 0 saturated carbocycles. The first-order valence-electron chi connectivity index (χ1n) is 11.7. The van der Waals surface area contributed by atoms with Crippen molar-refractivity contribution in [1.82, 2.24) is 20.4 Å². The summed E-state index contributed by atoms with van der Waals surface area (Å²) in [4.78, 5) is 21.1. The summed E-state index contributed by atoms with van der Waals surface area (Å²) in [5.74, 6) is 2.91. The van der Waals surface area contributed by atoms with Crippen molar-refractivity contribution >= 4 is 23.5 Å². The van der Waals surface area contributed by atoms with Crippen LogP contribution in [0, 0.1) is 29.6 Å². The van der Waals surface area contributed by atoms with Crippen LogP contribution < -0.4 is 21.1 Å². The molecule has 1 heterocycles. The number of ether oxygens (including phenoxy) is 1. The van der Waals surface area contributed by atoms with Gasteiger partial charge in [-0.1, -0.05) is 29.7 Å². The van der Waals surface area contributed by atoms with Gasteiger partial charge in [-0.2, -0.15) is 5.26 Å². The van der Waals surface area contributed by atoms with Gasteiger partial charge in [-0.3, -0.25) is 15.0 Å². The second-order valence-electron chi connectivity index (χ2n) is 8.29. The van der Waals surface area contributed by atoms with E-state index >= 15 is 0 Å². The summed E-state index contributed by atoms with van der Waals surface area (Å²) in [6, 6.07) is 11.0. The van der Waals surface area contributed by atoms with E-state index in [4.69, 9.17) is 33.8 Å². The standard InChI is InChI=1S/C26H29ClFN7O2/c1-2-23-16-34(15-19-3-6-22(28)7-4-19)11-12-35(23)25(36)17-37-24-8-5-21(27)13-20(24)14-32-26(33-18-30)31-10-9-29/h1,3-8,13,23H,9-12,14-17,29H2,(H2,31,32,33)/t23-/m1/s1. The number of halogens is 2. The van der Waals surface area contributed by atoms with Crippen LogP contribution in [-0.2, 0) is 17.9 Å². The van der Waals surface area contributed by atoms with Gasteiger partial charge in [0.1, 0.15) is 17.6 Å². The second-order valence-corrected chi connectivity index (χ2v) is 8.73. The molecule has 0 unspecified atom stereocenters. The van der Waals surface area contributed by atoms with Crippen molar-refractivity contribution in [1.29, 1.82) is 5.26 Å². The Bertz CT molecular complexity index is 1180. The molecular weight excluding hydrogens is 497 g/mol. The van der Waals surface area contributed by atoms with Crippen molar-refractivity contribution < 1.29 is 13.9 Å². The summed E-state index contributed by atoms with van der Waals surface area (Å²) in [6.45, 7) is 2.97. The van der Waals surface area contributed by atoms with Crippen molar-refractivity contribution in [3.05, 3.63) is 64.4 Å². The number of rotatable bonds is 9. The van der Waals surface area contributed by atoms with Gasteiger partial charge in [-0.05, 0) is 35.9 Å². The van der Waals surface area contributed by atoms with Crippen LogP contribution in [0.4, 0.5) is 4.39 Å². The van der Waals surface area contributed by atoms with Gasteiger partial charge < -0.3 is 20.7 Å². The molecule has 2 aromatic carbocycles. The monoisotopic (exact) mass is 525 g/mol. The summed E-state index contributed by atoms with van der Waals surface area (Å²) in [7, 11) is 0. The number of terminal acetylenes is 1. The predicted octanol–water partition coefficient (Wildman–Crippen LogP) is 1.68. The molecule has 0 aromatic heterocycles. The van der Waals surface area contributed by atoms with Gasteiger partial charge >= 0.3 is 0 Å². The smallest absolute Gasteiger partial charge is 0.261 e. The number of nitriles is 1. The van der Waals surface area contributed by atoms with Crippen molar-refractivity contribution in [2.75, 3.05) is 39.3 Å². The molecule has 0 aliphatic carbocycles. The van der Waals surface area contributed by atoms with Gasteiger partial charge in [-0.25, -0.2) is 9.38 Å². The van der Waals surface area contributed by atoms with E-state index in [1.54, 1.807) is 35.2 Å². The lowest BCUT2D eigenvalue weighted by Gasteiger charge is -2.39. The van der Waals surface area contributed by atoms with Crippen LogP contribution >= 0.6 is 11.6 Å².